The van der Waals surface area contributed by atoms with Crippen LogP contribution in [0.2, 0.25) is 0 Å². The van der Waals surface area contributed by atoms with Gasteiger partial charge in [0.25, 0.3) is 5.56 Å². The molecule has 0 amide bonds. The number of aromatic nitrogens is 2. The van der Waals surface area contributed by atoms with Crippen LogP contribution in [0.1, 0.15) is 30.1 Å². The largest absolute Gasteiger partial charge is 0.470 e. The molecule has 3 rings (SSSR count). The van der Waals surface area contributed by atoms with Crippen molar-refractivity contribution in [2.24, 2.45) is 0 Å². The van der Waals surface area contributed by atoms with E-state index in [-0.39, 0.29) is 23.5 Å². The molecule has 1 aliphatic heterocycles. The van der Waals surface area contributed by atoms with Gasteiger partial charge in [-0.25, -0.2) is 4.79 Å². The van der Waals surface area contributed by atoms with Crippen LogP contribution in [0.5, 0.6) is 5.88 Å². The van der Waals surface area contributed by atoms with Crippen molar-refractivity contribution in [2.75, 3.05) is 0 Å². The van der Waals surface area contributed by atoms with E-state index in [1.807, 2.05) is 37.3 Å². The molecule has 2 heterocycles. The first kappa shape index (κ1) is 10.8. The van der Waals surface area contributed by atoms with E-state index >= 15 is 0 Å². The normalized spacial score (nSPS) is 21.4. The SMILES string of the molecule is C[C@H]1c2c([nH]c(=O)[nH]c2=O)O[C@@H]1c1ccccc1. The number of aromatic amines is 2. The topological polar surface area (TPSA) is 75.0 Å². The zero-order chi connectivity index (χ0) is 12.7. The van der Waals surface area contributed by atoms with Crippen LogP contribution in [-0.4, -0.2) is 9.97 Å². The lowest BCUT2D eigenvalue weighted by Crippen LogP contribution is -2.24. The van der Waals surface area contributed by atoms with Crippen LogP contribution >= 0.6 is 0 Å². The minimum absolute atomic E-state index is 0.0944. The number of hydrogen-bond donors (Lipinski definition) is 2. The molecule has 0 aliphatic carbocycles. The molecule has 92 valence electrons. The monoisotopic (exact) mass is 244 g/mol. The van der Waals surface area contributed by atoms with Gasteiger partial charge in [0.1, 0.15) is 6.10 Å². The fraction of sp³-hybridized carbons (Fsp3) is 0.231. The van der Waals surface area contributed by atoms with E-state index in [1.54, 1.807) is 0 Å². The first-order valence-corrected chi connectivity index (χ1v) is 5.75. The second kappa shape index (κ2) is 3.87. The van der Waals surface area contributed by atoms with Gasteiger partial charge in [-0.15, -0.1) is 0 Å². The molecule has 1 aromatic heterocycles. The highest BCUT2D eigenvalue weighted by Gasteiger charge is 2.35. The Kier molecular flexibility index (Phi) is 2.33. The molecule has 18 heavy (non-hydrogen) atoms. The molecule has 2 N–H and O–H groups in total. The second-order valence-corrected chi connectivity index (χ2v) is 4.39. The maximum Gasteiger partial charge on any atom is 0.328 e. The maximum absolute atomic E-state index is 11.8. The van der Waals surface area contributed by atoms with Crippen LogP contribution in [0.4, 0.5) is 0 Å². The van der Waals surface area contributed by atoms with E-state index < -0.39 is 5.69 Å². The van der Waals surface area contributed by atoms with E-state index in [9.17, 15) is 9.59 Å². The molecule has 0 saturated carbocycles. The van der Waals surface area contributed by atoms with Gasteiger partial charge in [-0.3, -0.25) is 14.8 Å². The van der Waals surface area contributed by atoms with E-state index in [0.29, 0.717) is 5.56 Å². The Bertz CT molecular complexity index is 687. The van der Waals surface area contributed by atoms with Gasteiger partial charge in [-0.2, -0.15) is 0 Å². The highest BCUT2D eigenvalue weighted by Crippen LogP contribution is 2.41. The molecular formula is C13H12N2O3. The standard InChI is InChI=1S/C13H12N2O3/c1-7-9-11(16)14-13(17)15-12(9)18-10(7)8-5-3-2-4-6-8/h2-7,10H,1H3,(H2,14,15,16,17)/t7-,10-/m0/s1. The van der Waals surface area contributed by atoms with Crippen LogP contribution in [0.3, 0.4) is 0 Å². The predicted molar refractivity (Wildman–Crippen MR) is 65.9 cm³/mol. The molecule has 0 saturated heterocycles. The second-order valence-electron chi connectivity index (χ2n) is 4.39. The number of hydrogen-bond acceptors (Lipinski definition) is 3. The molecule has 0 fully saturated rings. The average Bonchev–Trinajstić information content (AvgIpc) is 2.67. The third-order valence-corrected chi connectivity index (χ3v) is 3.23. The number of H-pyrrole nitrogens is 2. The molecule has 1 aliphatic rings. The van der Waals surface area contributed by atoms with Crippen LogP contribution in [0.15, 0.2) is 39.9 Å². The molecule has 1 aromatic carbocycles. The fourth-order valence-electron chi connectivity index (χ4n) is 2.36. The summed E-state index contributed by atoms with van der Waals surface area (Å²) in [6.45, 7) is 1.91. The van der Waals surface area contributed by atoms with Crippen molar-refractivity contribution in [1.29, 1.82) is 0 Å². The van der Waals surface area contributed by atoms with E-state index in [4.69, 9.17) is 4.74 Å². The Hall–Kier alpha value is -2.30. The van der Waals surface area contributed by atoms with Crippen molar-refractivity contribution >= 4 is 0 Å². The Labute approximate surface area is 102 Å². The van der Waals surface area contributed by atoms with Crippen molar-refractivity contribution in [3.63, 3.8) is 0 Å². The predicted octanol–water partition coefficient (Wildman–Crippen LogP) is 1.30. The summed E-state index contributed by atoms with van der Waals surface area (Å²) < 4.78 is 5.69. The lowest BCUT2D eigenvalue weighted by atomic mass is 9.94. The zero-order valence-corrected chi connectivity index (χ0v) is 9.77. The van der Waals surface area contributed by atoms with Crippen molar-refractivity contribution in [3.05, 3.63) is 62.3 Å². The lowest BCUT2D eigenvalue weighted by Gasteiger charge is -2.14. The Morgan fingerprint density at radius 2 is 1.83 bits per heavy atom. The van der Waals surface area contributed by atoms with Crippen LogP contribution in [0.25, 0.3) is 0 Å². The third kappa shape index (κ3) is 1.55. The van der Waals surface area contributed by atoms with Crippen LogP contribution < -0.4 is 16.0 Å². The van der Waals surface area contributed by atoms with Gasteiger partial charge in [-0.05, 0) is 5.56 Å². The van der Waals surface area contributed by atoms with Crippen molar-refractivity contribution in [2.45, 2.75) is 18.9 Å². The Morgan fingerprint density at radius 3 is 2.56 bits per heavy atom. The highest BCUT2D eigenvalue weighted by atomic mass is 16.5. The molecule has 2 atom stereocenters. The molecular weight excluding hydrogens is 232 g/mol. The third-order valence-electron chi connectivity index (χ3n) is 3.23. The summed E-state index contributed by atoms with van der Waals surface area (Å²) in [4.78, 5) is 27.7. The average molecular weight is 244 g/mol. The number of ether oxygens (including phenoxy) is 1. The molecule has 0 spiro atoms. The first-order valence-electron chi connectivity index (χ1n) is 5.75. The van der Waals surface area contributed by atoms with Crippen LogP contribution in [0, 0.1) is 0 Å². The van der Waals surface area contributed by atoms with Gasteiger partial charge in [0.05, 0.1) is 5.56 Å². The summed E-state index contributed by atoms with van der Waals surface area (Å²) in [5.74, 6) is 0.188. The fourth-order valence-corrected chi connectivity index (χ4v) is 2.36. The van der Waals surface area contributed by atoms with Gasteiger partial charge in [-0.1, -0.05) is 37.3 Å². The summed E-state index contributed by atoms with van der Waals surface area (Å²) in [5.41, 5.74) is 0.573. The minimum Gasteiger partial charge on any atom is -0.470 e. The van der Waals surface area contributed by atoms with Crippen LogP contribution in [-0.2, 0) is 0 Å². The molecule has 0 bridgehead atoms. The Balaban J connectivity index is 2.10. The first-order chi connectivity index (χ1) is 8.66. The van der Waals surface area contributed by atoms with Gasteiger partial charge in [0.15, 0.2) is 0 Å². The van der Waals surface area contributed by atoms with Crippen molar-refractivity contribution < 1.29 is 4.74 Å². The van der Waals surface area contributed by atoms with E-state index in [0.717, 1.165) is 5.56 Å². The highest BCUT2D eigenvalue weighted by molar-refractivity contribution is 5.36. The van der Waals surface area contributed by atoms with E-state index in [2.05, 4.69) is 9.97 Å². The summed E-state index contributed by atoms with van der Waals surface area (Å²) >= 11 is 0. The van der Waals surface area contributed by atoms with Crippen molar-refractivity contribution in [1.82, 2.24) is 9.97 Å². The maximum atomic E-state index is 11.8. The summed E-state index contributed by atoms with van der Waals surface area (Å²) in [5, 5.41) is 0. The van der Waals surface area contributed by atoms with Gasteiger partial charge >= 0.3 is 5.69 Å². The minimum atomic E-state index is -0.542. The quantitative estimate of drug-likeness (QED) is 0.794. The van der Waals surface area contributed by atoms with Crippen molar-refractivity contribution in [3.8, 4) is 5.88 Å². The summed E-state index contributed by atoms with van der Waals surface area (Å²) in [7, 11) is 0. The Morgan fingerprint density at radius 1 is 1.11 bits per heavy atom. The number of nitrogens with one attached hydrogen (secondary N) is 2. The summed E-state index contributed by atoms with van der Waals surface area (Å²) in [6.07, 6.45) is -0.236. The van der Waals surface area contributed by atoms with Gasteiger partial charge in [0.2, 0.25) is 5.88 Å². The smallest absolute Gasteiger partial charge is 0.328 e. The number of benzene rings is 1. The molecule has 0 radical (unpaired) electrons. The molecule has 2 aromatic rings. The van der Waals surface area contributed by atoms with E-state index in [1.165, 1.54) is 0 Å². The van der Waals surface area contributed by atoms with Gasteiger partial charge < -0.3 is 4.74 Å². The molecule has 5 nitrogen and oxygen atoms in total. The zero-order valence-electron chi connectivity index (χ0n) is 9.77. The number of fused-ring (bicyclic) bond motifs is 1. The molecule has 5 heteroatoms. The molecule has 0 unspecified atom stereocenters. The lowest BCUT2D eigenvalue weighted by molar-refractivity contribution is 0.208. The van der Waals surface area contributed by atoms with Gasteiger partial charge in [0, 0.05) is 5.92 Å². The summed E-state index contributed by atoms with van der Waals surface area (Å²) in [6, 6.07) is 9.65. The number of rotatable bonds is 1.